The first-order valence-corrected chi connectivity index (χ1v) is 16.6. The van der Waals surface area contributed by atoms with Gasteiger partial charge in [-0.25, -0.2) is 0 Å². The molecule has 6 rings (SSSR count). The van der Waals surface area contributed by atoms with Crippen molar-refractivity contribution >= 4 is 41.5 Å². The molecule has 50 heavy (non-hydrogen) atoms. The number of nitrogens with zero attached hydrogens (tertiary/aromatic N) is 3. The number of hydrogen-bond acceptors (Lipinski definition) is 11. The molecule has 3 saturated heterocycles. The fraction of sp³-hybridized carbons (Fsp3) is 0.385. The Bertz CT molecular complexity index is 1400. The molecule has 0 N–H and O–H groups in total. The average Bonchev–Trinajstić information content (AvgIpc) is 3.19. The number of morpholine rings is 3. The largest absolute Gasteiger partial charge is 0.497 e. The number of ether oxygens (including phenoxy) is 4. The summed E-state index contributed by atoms with van der Waals surface area (Å²) in [5, 5.41) is 0. The van der Waals surface area contributed by atoms with Gasteiger partial charge < -0.3 is 33.6 Å². The molecular formula is C39H49N3O8. The molecule has 3 aliphatic heterocycles. The minimum absolute atomic E-state index is 0.250. The molecule has 11 heteroatoms. The topological polar surface area (TPSA) is 115 Å². The molecule has 0 radical (unpaired) electrons. The van der Waals surface area contributed by atoms with E-state index in [1.54, 1.807) is 7.11 Å². The lowest BCUT2D eigenvalue weighted by atomic mass is 10.1. The van der Waals surface area contributed by atoms with E-state index in [4.69, 9.17) is 38.1 Å². The van der Waals surface area contributed by atoms with Crippen LogP contribution in [0, 0.1) is 0 Å². The van der Waals surface area contributed by atoms with Gasteiger partial charge in [-0.1, -0.05) is 56.0 Å². The van der Waals surface area contributed by atoms with Crippen molar-refractivity contribution in [3.8, 4) is 5.75 Å². The third-order valence-corrected chi connectivity index (χ3v) is 7.77. The van der Waals surface area contributed by atoms with Gasteiger partial charge in [0.05, 0.1) is 46.8 Å². The maximum absolute atomic E-state index is 8.12. The molecule has 0 unspecified atom stereocenters. The predicted octanol–water partition coefficient (Wildman–Crippen LogP) is 5.48. The van der Waals surface area contributed by atoms with E-state index in [2.05, 4.69) is 101 Å². The summed E-state index contributed by atoms with van der Waals surface area (Å²) in [7, 11) is 1.68. The molecule has 3 fully saturated rings. The smallest absolute Gasteiger partial charge is 0.373 e. The second-order valence-electron chi connectivity index (χ2n) is 10.9. The third-order valence-electron chi connectivity index (χ3n) is 7.77. The summed E-state index contributed by atoms with van der Waals surface area (Å²) < 4.78 is 21.1. The molecule has 0 aliphatic carbocycles. The molecule has 0 atom stereocenters. The van der Waals surface area contributed by atoms with Crippen molar-refractivity contribution in [3.63, 3.8) is 0 Å². The van der Waals surface area contributed by atoms with Gasteiger partial charge in [-0.2, -0.15) is 19.2 Å². The van der Waals surface area contributed by atoms with Crippen LogP contribution in [-0.4, -0.2) is 98.3 Å². The van der Waals surface area contributed by atoms with Gasteiger partial charge >= 0.3 is 12.3 Å². The Balaban J connectivity index is 0.000000241. The Morgan fingerprint density at radius 1 is 0.600 bits per heavy atom. The maximum Gasteiger partial charge on any atom is 0.373 e. The number of hydrogen-bond donors (Lipinski definition) is 0. The van der Waals surface area contributed by atoms with Crippen molar-refractivity contribution in [2.75, 3.05) is 101 Å². The molecule has 0 aromatic heterocycles. The molecule has 0 amide bonds. The summed E-state index contributed by atoms with van der Waals surface area (Å²) in [4.78, 5) is 39.5. The van der Waals surface area contributed by atoms with E-state index < -0.39 is 0 Å². The van der Waals surface area contributed by atoms with Crippen molar-refractivity contribution in [1.29, 1.82) is 0 Å². The minimum atomic E-state index is 0.250. The Hall–Kier alpha value is -5.02. The maximum atomic E-state index is 8.12. The Kier molecular flexibility index (Phi) is 21.3. The lowest BCUT2D eigenvalue weighted by Crippen LogP contribution is -2.36. The van der Waals surface area contributed by atoms with Crippen LogP contribution in [0.3, 0.4) is 0 Å². The first kappa shape index (κ1) is 41.2. The summed E-state index contributed by atoms with van der Waals surface area (Å²) in [6, 6.07) is 25.4. The second kappa shape index (κ2) is 25.9. The van der Waals surface area contributed by atoms with Crippen molar-refractivity contribution < 1.29 is 38.1 Å². The van der Waals surface area contributed by atoms with E-state index in [0.717, 1.165) is 91.1 Å². The first-order valence-electron chi connectivity index (χ1n) is 16.6. The van der Waals surface area contributed by atoms with Crippen LogP contribution in [0.5, 0.6) is 5.75 Å². The molecule has 3 heterocycles. The third kappa shape index (κ3) is 15.9. The Morgan fingerprint density at radius 3 is 1.22 bits per heavy atom. The quantitative estimate of drug-likeness (QED) is 0.315. The zero-order chi connectivity index (χ0) is 36.2. The lowest BCUT2D eigenvalue weighted by molar-refractivity contribution is -0.193. The number of benzene rings is 3. The van der Waals surface area contributed by atoms with Crippen LogP contribution in [-0.2, 0) is 33.4 Å². The monoisotopic (exact) mass is 687 g/mol. The molecule has 268 valence electrons. The summed E-state index contributed by atoms with van der Waals surface area (Å²) in [5.74, 6) is 0.905. The summed E-state index contributed by atoms with van der Waals surface area (Å²) in [5.41, 5.74) is 6.27. The fourth-order valence-electron chi connectivity index (χ4n) is 5.13. The van der Waals surface area contributed by atoms with Gasteiger partial charge in [-0.3, -0.25) is 0 Å². The predicted molar refractivity (Wildman–Crippen MR) is 194 cm³/mol. The van der Waals surface area contributed by atoms with Gasteiger partial charge in [-0.15, -0.1) is 0 Å². The van der Waals surface area contributed by atoms with Crippen molar-refractivity contribution in [2.45, 2.75) is 13.3 Å². The van der Waals surface area contributed by atoms with Crippen LogP contribution in [0.15, 0.2) is 85.5 Å². The lowest BCUT2D eigenvalue weighted by Gasteiger charge is -2.28. The average molecular weight is 688 g/mol. The van der Waals surface area contributed by atoms with Gasteiger partial charge in [0.1, 0.15) is 5.75 Å². The van der Waals surface area contributed by atoms with Crippen molar-refractivity contribution in [1.82, 2.24) is 0 Å². The van der Waals surface area contributed by atoms with E-state index in [-0.39, 0.29) is 12.3 Å². The Morgan fingerprint density at radius 2 is 0.920 bits per heavy atom. The molecule has 3 aromatic carbocycles. The van der Waals surface area contributed by atoms with Crippen LogP contribution in [0.25, 0.3) is 12.2 Å². The molecular weight excluding hydrogens is 638 g/mol. The van der Waals surface area contributed by atoms with Crippen LogP contribution < -0.4 is 19.4 Å². The number of carbonyl (C=O) groups excluding carboxylic acids is 4. The molecule has 3 aromatic rings. The van der Waals surface area contributed by atoms with Crippen LogP contribution in [0.1, 0.15) is 24.5 Å². The van der Waals surface area contributed by atoms with Gasteiger partial charge in [0.2, 0.25) is 0 Å². The number of anilines is 3. The van der Waals surface area contributed by atoms with Crippen LogP contribution >= 0.6 is 0 Å². The van der Waals surface area contributed by atoms with E-state index in [1.807, 2.05) is 18.2 Å². The number of allylic oxidation sites excluding steroid dienone is 1. The van der Waals surface area contributed by atoms with Crippen molar-refractivity contribution in [3.05, 3.63) is 96.6 Å². The first-order chi connectivity index (χ1) is 24.5. The fourth-order valence-corrected chi connectivity index (χ4v) is 5.13. The van der Waals surface area contributed by atoms with Crippen LogP contribution in [0.2, 0.25) is 0 Å². The molecule has 3 aliphatic rings. The zero-order valence-corrected chi connectivity index (χ0v) is 29.2. The highest BCUT2D eigenvalue weighted by Crippen LogP contribution is 2.20. The SMILES string of the molecule is C=Cc1ccc(N2CCOCC2)cc1.CC/C=C/c1ccc(N2CCOCC2)cc1.COc1ccc(N2CCOCC2)cc1.O=C=O.O=C=O. The van der Waals surface area contributed by atoms with Gasteiger partial charge in [0.25, 0.3) is 0 Å². The number of rotatable bonds is 7. The highest BCUT2D eigenvalue weighted by atomic mass is 16.5. The highest BCUT2D eigenvalue weighted by Gasteiger charge is 2.12. The minimum Gasteiger partial charge on any atom is -0.497 e. The van der Waals surface area contributed by atoms with Gasteiger partial charge in [0.15, 0.2) is 0 Å². The summed E-state index contributed by atoms with van der Waals surface area (Å²) in [6.45, 7) is 16.9. The molecule has 0 saturated carbocycles. The molecule has 0 bridgehead atoms. The standard InChI is InChI=1S/C14H19NO.C12H15NO.C11H15NO2.2CO2/c1-2-3-4-13-5-7-14(8-6-13)15-9-11-16-12-10-15;1-2-11-3-5-12(6-4-11)13-7-9-14-10-8-13;1-13-11-4-2-10(3-5-11)12-6-8-14-9-7-12;2*2-1-3/h3-8H,2,9-12H2,1H3;2-6H,1,7-10H2;2-5H,6-9H2,1H3;;/b4-3+;;;;. The highest BCUT2D eigenvalue weighted by molar-refractivity contribution is 5.56. The number of methoxy groups -OCH3 is 1. The van der Waals surface area contributed by atoms with Crippen LogP contribution in [0.4, 0.5) is 17.1 Å². The molecule has 11 nitrogen and oxygen atoms in total. The van der Waals surface area contributed by atoms with Crippen molar-refractivity contribution in [2.24, 2.45) is 0 Å². The summed E-state index contributed by atoms with van der Waals surface area (Å²) in [6.07, 6.45) is 7.81. The molecule has 0 spiro atoms. The van der Waals surface area contributed by atoms with E-state index in [9.17, 15) is 0 Å². The second-order valence-corrected chi connectivity index (χ2v) is 10.9. The van der Waals surface area contributed by atoms with E-state index >= 15 is 0 Å². The van der Waals surface area contributed by atoms with Gasteiger partial charge in [-0.05, 0) is 66.1 Å². The normalized spacial score (nSPS) is 15.1. The van der Waals surface area contributed by atoms with E-state index in [1.165, 1.54) is 28.2 Å². The van der Waals surface area contributed by atoms with Gasteiger partial charge in [0, 0.05) is 56.3 Å². The van der Waals surface area contributed by atoms with E-state index in [0.29, 0.717) is 0 Å². The summed E-state index contributed by atoms with van der Waals surface area (Å²) >= 11 is 0. The Labute approximate surface area is 295 Å². The zero-order valence-electron chi connectivity index (χ0n) is 29.2.